The predicted octanol–water partition coefficient (Wildman–Crippen LogP) is 2.47. The number of benzene rings is 1. The Morgan fingerprint density at radius 1 is 1.33 bits per heavy atom. The molecule has 2 rings (SSSR count). The molecule has 0 bridgehead atoms. The predicted molar refractivity (Wildman–Crippen MR) is 78.7 cm³/mol. The summed E-state index contributed by atoms with van der Waals surface area (Å²) in [5, 5.41) is 16.0. The molecule has 0 fully saturated rings. The fourth-order valence-corrected chi connectivity index (χ4v) is 1.98. The molecule has 0 unspecified atom stereocenters. The molecule has 0 saturated carbocycles. The van der Waals surface area contributed by atoms with Gasteiger partial charge < -0.3 is 10.4 Å². The van der Waals surface area contributed by atoms with Crippen LogP contribution < -0.4 is 5.32 Å². The van der Waals surface area contributed by atoms with E-state index in [9.17, 15) is 9.59 Å². The number of carbonyl (C=O) groups excluding carboxylic acids is 1. The lowest BCUT2D eigenvalue weighted by Gasteiger charge is -2.08. The highest BCUT2D eigenvalue weighted by Crippen LogP contribution is 2.18. The molecule has 0 saturated heterocycles. The molecule has 6 heteroatoms. The normalized spacial score (nSPS) is 10.4. The Bertz CT molecular complexity index is 704. The van der Waals surface area contributed by atoms with Crippen LogP contribution in [0.4, 0.5) is 5.69 Å². The Balaban J connectivity index is 2.28. The lowest BCUT2D eigenvalue weighted by Crippen LogP contribution is -2.14. The van der Waals surface area contributed by atoms with Crippen LogP contribution in [0.1, 0.15) is 38.9 Å². The van der Waals surface area contributed by atoms with E-state index in [4.69, 9.17) is 5.11 Å². The van der Waals surface area contributed by atoms with E-state index in [-0.39, 0.29) is 11.5 Å². The summed E-state index contributed by atoms with van der Waals surface area (Å²) in [4.78, 5) is 23.3. The van der Waals surface area contributed by atoms with Gasteiger partial charge in [0.2, 0.25) is 0 Å². The molecule has 21 heavy (non-hydrogen) atoms. The van der Waals surface area contributed by atoms with Crippen molar-refractivity contribution in [3.8, 4) is 0 Å². The number of nitrogens with zero attached hydrogens (tertiary/aromatic N) is 2. The molecular weight excluding hydrogens is 270 g/mol. The first kappa shape index (κ1) is 14.8. The molecule has 6 nitrogen and oxygen atoms in total. The SMILES string of the molecule is CCn1cc(C(=O)Nc2cc(C(=O)O)ccc2C)c(C)n1. The molecule has 0 atom stereocenters. The molecule has 1 heterocycles. The first-order valence-corrected chi connectivity index (χ1v) is 6.61. The summed E-state index contributed by atoms with van der Waals surface area (Å²) in [6, 6.07) is 4.63. The van der Waals surface area contributed by atoms with Gasteiger partial charge in [-0.1, -0.05) is 6.07 Å². The van der Waals surface area contributed by atoms with Crippen LogP contribution in [-0.2, 0) is 6.54 Å². The Kier molecular flexibility index (Phi) is 4.07. The zero-order chi connectivity index (χ0) is 15.6. The van der Waals surface area contributed by atoms with Gasteiger partial charge >= 0.3 is 5.97 Å². The van der Waals surface area contributed by atoms with Gasteiger partial charge in [-0.2, -0.15) is 5.10 Å². The molecule has 0 aliphatic carbocycles. The minimum Gasteiger partial charge on any atom is -0.478 e. The van der Waals surface area contributed by atoms with Crippen LogP contribution in [0.25, 0.3) is 0 Å². The molecule has 0 radical (unpaired) electrons. The Morgan fingerprint density at radius 3 is 2.62 bits per heavy atom. The maximum absolute atomic E-state index is 12.3. The number of hydrogen-bond acceptors (Lipinski definition) is 3. The average Bonchev–Trinajstić information content (AvgIpc) is 2.82. The third-order valence-corrected chi connectivity index (χ3v) is 3.25. The van der Waals surface area contributed by atoms with E-state index in [1.807, 2.05) is 13.8 Å². The van der Waals surface area contributed by atoms with Gasteiger partial charge in [0.05, 0.1) is 16.8 Å². The van der Waals surface area contributed by atoms with Crippen molar-refractivity contribution in [2.45, 2.75) is 27.3 Å². The number of amides is 1. The van der Waals surface area contributed by atoms with Gasteiger partial charge in [-0.25, -0.2) is 4.79 Å². The van der Waals surface area contributed by atoms with Crippen molar-refractivity contribution in [1.29, 1.82) is 0 Å². The fraction of sp³-hybridized carbons (Fsp3) is 0.267. The van der Waals surface area contributed by atoms with Gasteiger partial charge in [0.25, 0.3) is 5.91 Å². The van der Waals surface area contributed by atoms with Crippen LogP contribution >= 0.6 is 0 Å². The molecule has 2 N–H and O–H groups in total. The van der Waals surface area contributed by atoms with E-state index < -0.39 is 5.97 Å². The zero-order valence-electron chi connectivity index (χ0n) is 12.2. The van der Waals surface area contributed by atoms with E-state index in [2.05, 4.69) is 10.4 Å². The molecule has 110 valence electrons. The maximum Gasteiger partial charge on any atom is 0.335 e. The molecule has 1 aromatic heterocycles. The highest BCUT2D eigenvalue weighted by atomic mass is 16.4. The first-order chi connectivity index (χ1) is 9.92. The van der Waals surface area contributed by atoms with Gasteiger partial charge in [-0.15, -0.1) is 0 Å². The van der Waals surface area contributed by atoms with E-state index in [0.29, 0.717) is 23.5 Å². The number of aryl methyl sites for hydroxylation is 3. The lowest BCUT2D eigenvalue weighted by molar-refractivity contribution is 0.0696. The molecular formula is C15H17N3O3. The first-order valence-electron chi connectivity index (χ1n) is 6.61. The summed E-state index contributed by atoms with van der Waals surface area (Å²) in [7, 11) is 0. The molecule has 1 amide bonds. The van der Waals surface area contributed by atoms with Crippen LogP contribution in [-0.4, -0.2) is 26.8 Å². The number of rotatable bonds is 4. The quantitative estimate of drug-likeness (QED) is 0.904. The van der Waals surface area contributed by atoms with E-state index in [1.54, 1.807) is 23.9 Å². The number of hydrogen-bond donors (Lipinski definition) is 2. The standard InChI is InChI=1S/C15H17N3O3/c1-4-18-8-12(10(3)17-18)14(19)16-13-7-11(15(20)21)6-5-9(13)2/h5-8H,4H2,1-3H3,(H,16,19)(H,20,21). The summed E-state index contributed by atoms with van der Waals surface area (Å²) in [6.07, 6.45) is 1.68. The van der Waals surface area contributed by atoms with Crippen LogP contribution in [0.2, 0.25) is 0 Å². The Labute approximate surface area is 122 Å². The van der Waals surface area contributed by atoms with E-state index in [1.165, 1.54) is 12.1 Å². The van der Waals surface area contributed by atoms with E-state index in [0.717, 1.165) is 5.56 Å². The summed E-state index contributed by atoms with van der Waals surface area (Å²) >= 11 is 0. The van der Waals surface area contributed by atoms with Crippen LogP contribution in [0.5, 0.6) is 0 Å². The highest BCUT2D eigenvalue weighted by Gasteiger charge is 2.15. The Hall–Kier alpha value is -2.63. The topological polar surface area (TPSA) is 84.2 Å². The number of carbonyl (C=O) groups is 2. The third-order valence-electron chi connectivity index (χ3n) is 3.25. The largest absolute Gasteiger partial charge is 0.478 e. The monoisotopic (exact) mass is 287 g/mol. The van der Waals surface area contributed by atoms with Crippen LogP contribution in [0.15, 0.2) is 24.4 Å². The van der Waals surface area contributed by atoms with E-state index >= 15 is 0 Å². The fourth-order valence-electron chi connectivity index (χ4n) is 1.98. The number of carboxylic acid groups (broad SMARTS) is 1. The number of anilines is 1. The minimum absolute atomic E-state index is 0.136. The molecule has 0 aliphatic heterocycles. The molecule has 0 spiro atoms. The van der Waals surface area contributed by atoms with Crippen molar-refractivity contribution in [1.82, 2.24) is 9.78 Å². The number of aromatic carboxylic acids is 1. The van der Waals surface area contributed by atoms with Gasteiger partial charge in [0.1, 0.15) is 0 Å². The second-order valence-electron chi connectivity index (χ2n) is 4.77. The van der Waals surface area contributed by atoms with Crippen LogP contribution in [0, 0.1) is 13.8 Å². The summed E-state index contributed by atoms with van der Waals surface area (Å²) in [5.74, 6) is -1.32. The van der Waals surface area contributed by atoms with Crippen molar-refractivity contribution in [2.24, 2.45) is 0 Å². The summed E-state index contributed by atoms with van der Waals surface area (Å²) < 4.78 is 1.69. The van der Waals surface area contributed by atoms with Crippen molar-refractivity contribution in [2.75, 3.05) is 5.32 Å². The molecule has 1 aromatic carbocycles. The molecule has 2 aromatic rings. The summed E-state index contributed by atoms with van der Waals surface area (Å²) in [5.41, 5.74) is 2.55. The van der Waals surface area contributed by atoms with Gasteiger partial charge in [-0.05, 0) is 38.5 Å². The second kappa shape index (κ2) is 5.78. The number of carboxylic acids is 1. The average molecular weight is 287 g/mol. The van der Waals surface area contributed by atoms with Crippen molar-refractivity contribution >= 4 is 17.6 Å². The van der Waals surface area contributed by atoms with Gasteiger partial charge in [0, 0.05) is 18.4 Å². The maximum atomic E-state index is 12.3. The smallest absolute Gasteiger partial charge is 0.335 e. The third kappa shape index (κ3) is 3.10. The second-order valence-corrected chi connectivity index (χ2v) is 4.77. The minimum atomic E-state index is -1.03. The number of aromatic nitrogens is 2. The summed E-state index contributed by atoms with van der Waals surface area (Å²) in [6.45, 7) is 6.20. The Morgan fingerprint density at radius 2 is 2.05 bits per heavy atom. The molecule has 0 aliphatic rings. The van der Waals surface area contributed by atoms with Crippen molar-refractivity contribution in [3.05, 3.63) is 46.8 Å². The van der Waals surface area contributed by atoms with Gasteiger partial charge in [-0.3, -0.25) is 9.48 Å². The zero-order valence-corrected chi connectivity index (χ0v) is 12.2. The van der Waals surface area contributed by atoms with Crippen molar-refractivity contribution in [3.63, 3.8) is 0 Å². The lowest BCUT2D eigenvalue weighted by atomic mass is 10.1. The van der Waals surface area contributed by atoms with Crippen molar-refractivity contribution < 1.29 is 14.7 Å². The number of nitrogens with one attached hydrogen (secondary N) is 1. The van der Waals surface area contributed by atoms with Gasteiger partial charge in [0.15, 0.2) is 0 Å². The van der Waals surface area contributed by atoms with Crippen LogP contribution in [0.3, 0.4) is 0 Å². The highest BCUT2D eigenvalue weighted by molar-refractivity contribution is 6.05.